The number of rotatable bonds is 7. The molecule has 1 N–H and O–H groups in total. The van der Waals surface area contributed by atoms with Gasteiger partial charge in [0.1, 0.15) is 11.3 Å². The van der Waals surface area contributed by atoms with Crippen molar-refractivity contribution < 1.29 is 19.2 Å². The Morgan fingerprint density at radius 1 is 1.26 bits per heavy atom. The molecule has 3 aromatic rings. The molecule has 10 heteroatoms. The molecule has 2 aromatic heterocycles. The maximum Gasteiger partial charge on any atom is 0.342 e. The predicted octanol–water partition coefficient (Wildman–Crippen LogP) is 3.40. The van der Waals surface area contributed by atoms with E-state index in [1.807, 2.05) is 13.8 Å². The van der Waals surface area contributed by atoms with Crippen LogP contribution in [-0.4, -0.2) is 38.2 Å². The van der Waals surface area contributed by atoms with Gasteiger partial charge in [-0.25, -0.2) is 14.5 Å². The Kier molecular flexibility index (Phi) is 6.39. The van der Waals surface area contributed by atoms with Gasteiger partial charge in [-0.15, -0.1) is 0 Å². The minimum atomic E-state index is -0.723. The molecule has 0 spiro atoms. The molecule has 10 nitrogen and oxygen atoms in total. The van der Waals surface area contributed by atoms with Gasteiger partial charge in [0.05, 0.1) is 16.8 Å². The molecule has 0 aliphatic rings. The lowest BCUT2D eigenvalue weighted by Gasteiger charge is -2.12. The summed E-state index contributed by atoms with van der Waals surface area (Å²) in [6.45, 7) is 4.90. The van der Waals surface area contributed by atoms with Gasteiger partial charge in [0, 0.05) is 12.3 Å². The molecule has 160 valence electrons. The predicted molar refractivity (Wildman–Crippen MR) is 112 cm³/mol. The van der Waals surface area contributed by atoms with Crippen molar-refractivity contribution >= 4 is 23.3 Å². The number of aryl methyl sites for hydroxylation is 1. The molecule has 0 unspecified atom stereocenters. The van der Waals surface area contributed by atoms with Gasteiger partial charge in [-0.2, -0.15) is 5.10 Å². The van der Waals surface area contributed by atoms with E-state index in [-0.39, 0.29) is 22.9 Å². The fourth-order valence-electron chi connectivity index (χ4n) is 3.03. The lowest BCUT2D eigenvalue weighted by atomic mass is 10.1. The summed E-state index contributed by atoms with van der Waals surface area (Å²) in [6, 6.07) is 9.75. The smallest absolute Gasteiger partial charge is 0.342 e. The zero-order chi connectivity index (χ0) is 22.5. The van der Waals surface area contributed by atoms with Crippen LogP contribution in [0.5, 0.6) is 0 Å². The van der Waals surface area contributed by atoms with Crippen molar-refractivity contribution in [2.45, 2.75) is 26.7 Å². The van der Waals surface area contributed by atoms with Crippen LogP contribution >= 0.6 is 0 Å². The summed E-state index contributed by atoms with van der Waals surface area (Å²) in [5.74, 6) is -0.936. The van der Waals surface area contributed by atoms with E-state index in [9.17, 15) is 19.7 Å². The van der Waals surface area contributed by atoms with Crippen molar-refractivity contribution in [1.29, 1.82) is 0 Å². The van der Waals surface area contributed by atoms with Crippen LogP contribution in [0.25, 0.3) is 5.82 Å². The number of nitro benzene ring substituents is 1. The molecular weight excluding hydrogens is 402 g/mol. The number of ether oxygens (including phenoxy) is 1. The van der Waals surface area contributed by atoms with E-state index in [1.165, 1.54) is 18.3 Å². The standard InChI is InChI=1S/C21H21N5O5/c1-13(2)20-15(11-23-25(20)18-6-4-5-9-22-18)21(28)31-12-19(27)24-16-8-7-14(3)10-17(16)26(29)30/h4-11,13H,12H2,1-3H3,(H,24,27). The van der Waals surface area contributed by atoms with E-state index in [1.54, 1.807) is 42.1 Å². The van der Waals surface area contributed by atoms with Crippen molar-refractivity contribution in [1.82, 2.24) is 14.8 Å². The van der Waals surface area contributed by atoms with Crippen molar-refractivity contribution in [2.75, 3.05) is 11.9 Å². The molecule has 1 amide bonds. The van der Waals surface area contributed by atoms with Gasteiger partial charge in [-0.3, -0.25) is 14.9 Å². The third kappa shape index (κ3) is 4.92. The van der Waals surface area contributed by atoms with Gasteiger partial charge in [-0.05, 0) is 36.6 Å². The Morgan fingerprint density at radius 3 is 2.68 bits per heavy atom. The van der Waals surface area contributed by atoms with Crippen LogP contribution in [0.4, 0.5) is 11.4 Å². The minimum absolute atomic E-state index is 0.0301. The molecule has 2 heterocycles. The van der Waals surface area contributed by atoms with E-state index >= 15 is 0 Å². The number of pyridine rings is 1. The number of carbonyl (C=O) groups is 2. The third-order valence-corrected chi connectivity index (χ3v) is 4.40. The number of carbonyl (C=O) groups excluding carboxylic acids is 2. The topological polar surface area (TPSA) is 129 Å². The minimum Gasteiger partial charge on any atom is -0.452 e. The number of nitrogens with zero attached hydrogens (tertiary/aromatic N) is 4. The highest BCUT2D eigenvalue weighted by atomic mass is 16.6. The second kappa shape index (κ2) is 9.16. The molecule has 0 atom stereocenters. The summed E-state index contributed by atoms with van der Waals surface area (Å²) in [4.78, 5) is 39.7. The molecule has 0 aliphatic heterocycles. The van der Waals surface area contributed by atoms with Crippen LogP contribution in [0, 0.1) is 17.0 Å². The lowest BCUT2D eigenvalue weighted by Crippen LogP contribution is -2.22. The SMILES string of the molecule is Cc1ccc(NC(=O)COC(=O)c2cnn(-c3ccccn3)c2C(C)C)c([N+](=O)[O-])c1. The van der Waals surface area contributed by atoms with Crippen LogP contribution < -0.4 is 5.32 Å². The summed E-state index contributed by atoms with van der Waals surface area (Å²) < 4.78 is 6.68. The molecular formula is C21H21N5O5. The average molecular weight is 423 g/mol. The Morgan fingerprint density at radius 2 is 2.03 bits per heavy atom. The molecule has 0 radical (unpaired) electrons. The first-order valence-corrected chi connectivity index (χ1v) is 9.49. The van der Waals surface area contributed by atoms with Gasteiger partial charge >= 0.3 is 5.97 Å². The van der Waals surface area contributed by atoms with Crippen LogP contribution in [0.15, 0.2) is 48.8 Å². The largest absolute Gasteiger partial charge is 0.452 e. The van der Waals surface area contributed by atoms with Gasteiger partial charge in [-0.1, -0.05) is 26.0 Å². The number of hydrogen-bond acceptors (Lipinski definition) is 7. The summed E-state index contributed by atoms with van der Waals surface area (Å²) >= 11 is 0. The third-order valence-electron chi connectivity index (χ3n) is 4.40. The van der Waals surface area contributed by atoms with Gasteiger partial charge in [0.15, 0.2) is 12.4 Å². The van der Waals surface area contributed by atoms with Gasteiger partial charge in [0.2, 0.25) is 0 Å². The van der Waals surface area contributed by atoms with Crippen molar-refractivity contribution in [3.8, 4) is 5.82 Å². The Labute approximate surface area is 178 Å². The highest BCUT2D eigenvalue weighted by Crippen LogP contribution is 2.25. The Balaban J connectivity index is 1.72. The maximum atomic E-state index is 12.6. The van der Waals surface area contributed by atoms with Gasteiger partial charge in [0.25, 0.3) is 11.6 Å². The fraction of sp³-hybridized carbons (Fsp3) is 0.238. The lowest BCUT2D eigenvalue weighted by molar-refractivity contribution is -0.384. The van der Waals surface area contributed by atoms with Crippen LogP contribution in [-0.2, 0) is 9.53 Å². The molecule has 31 heavy (non-hydrogen) atoms. The highest BCUT2D eigenvalue weighted by Gasteiger charge is 2.23. The molecule has 0 fully saturated rings. The Bertz CT molecular complexity index is 1120. The number of benzene rings is 1. The number of aromatic nitrogens is 3. The number of amides is 1. The van der Waals surface area contributed by atoms with E-state index in [2.05, 4.69) is 15.4 Å². The summed E-state index contributed by atoms with van der Waals surface area (Å²) in [7, 11) is 0. The second-order valence-corrected chi connectivity index (χ2v) is 7.10. The Hall–Kier alpha value is -4.08. The molecule has 3 rings (SSSR count). The van der Waals surface area contributed by atoms with E-state index < -0.39 is 23.4 Å². The monoisotopic (exact) mass is 423 g/mol. The summed E-state index contributed by atoms with van der Waals surface area (Å²) in [5, 5.41) is 17.8. The number of esters is 1. The van der Waals surface area contributed by atoms with Crippen LogP contribution in [0.3, 0.4) is 0 Å². The quantitative estimate of drug-likeness (QED) is 0.350. The molecule has 0 bridgehead atoms. The number of hydrogen-bond donors (Lipinski definition) is 1. The van der Waals surface area contributed by atoms with E-state index in [4.69, 9.17) is 4.74 Å². The molecule has 0 aliphatic carbocycles. The average Bonchev–Trinajstić information content (AvgIpc) is 3.19. The highest BCUT2D eigenvalue weighted by molar-refractivity contribution is 5.97. The van der Waals surface area contributed by atoms with Crippen molar-refractivity contribution in [3.05, 3.63) is 75.7 Å². The summed E-state index contributed by atoms with van der Waals surface area (Å²) in [5.41, 5.74) is 1.29. The zero-order valence-electron chi connectivity index (χ0n) is 17.2. The van der Waals surface area contributed by atoms with Crippen LogP contribution in [0.2, 0.25) is 0 Å². The number of anilines is 1. The van der Waals surface area contributed by atoms with Gasteiger partial charge < -0.3 is 10.1 Å². The van der Waals surface area contributed by atoms with E-state index in [0.717, 1.165) is 0 Å². The van der Waals surface area contributed by atoms with Crippen molar-refractivity contribution in [3.63, 3.8) is 0 Å². The first-order valence-electron chi connectivity index (χ1n) is 9.49. The number of nitro groups is 1. The zero-order valence-corrected chi connectivity index (χ0v) is 17.2. The number of nitrogens with one attached hydrogen (secondary N) is 1. The van der Waals surface area contributed by atoms with Crippen molar-refractivity contribution in [2.24, 2.45) is 0 Å². The second-order valence-electron chi connectivity index (χ2n) is 7.10. The van der Waals surface area contributed by atoms with E-state index in [0.29, 0.717) is 17.1 Å². The summed E-state index contributed by atoms with van der Waals surface area (Å²) in [6.07, 6.45) is 2.99. The first kappa shape index (κ1) is 21.6. The fourth-order valence-corrected chi connectivity index (χ4v) is 3.03. The normalized spacial score (nSPS) is 10.7. The maximum absolute atomic E-state index is 12.6. The molecule has 1 aromatic carbocycles. The van der Waals surface area contributed by atoms with Crippen LogP contribution in [0.1, 0.15) is 41.4 Å². The first-order chi connectivity index (χ1) is 14.8. The molecule has 0 saturated carbocycles. The molecule has 0 saturated heterocycles.